The van der Waals surface area contributed by atoms with Gasteiger partial charge in [-0.05, 0) is 19.9 Å². The molecule has 0 bridgehead atoms. The highest BCUT2D eigenvalue weighted by molar-refractivity contribution is 5.89. The van der Waals surface area contributed by atoms with E-state index < -0.39 is 51.9 Å². The van der Waals surface area contributed by atoms with Crippen molar-refractivity contribution in [2.75, 3.05) is 11.9 Å². The number of carbonyl (C=O) groups is 1. The maximum absolute atomic E-state index is 14.5. The fraction of sp³-hybridized carbons (Fsp3) is 0.263. The lowest BCUT2D eigenvalue weighted by Crippen LogP contribution is -2.40. The van der Waals surface area contributed by atoms with Crippen molar-refractivity contribution in [2.45, 2.75) is 25.6 Å². The van der Waals surface area contributed by atoms with Crippen LogP contribution in [0, 0.1) is 11.6 Å². The summed E-state index contributed by atoms with van der Waals surface area (Å²) in [6.45, 7) is 2.77. The number of anilines is 1. The number of fused-ring (bicyclic) bond motifs is 1. The Hall–Kier alpha value is -3.41. The van der Waals surface area contributed by atoms with Crippen LogP contribution < -0.4 is 15.4 Å². The Bertz CT molecular complexity index is 1100. The minimum Gasteiger partial charge on any atom is -0.450 e. The van der Waals surface area contributed by atoms with Gasteiger partial charge in [0, 0.05) is 36.8 Å². The van der Waals surface area contributed by atoms with Gasteiger partial charge < -0.3 is 25.5 Å². The minimum absolute atomic E-state index is 0.124. The topological polar surface area (TPSA) is 99.3 Å². The Morgan fingerprint density at radius 1 is 1.23 bits per heavy atom. The number of aromatic nitrogens is 2. The summed E-state index contributed by atoms with van der Waals surface area (Å²) in [5, 5.41) is 13.6. The zero-order valence-electron chi connectivity index (χ0n) is 16.2. The fourth-order valence-electron chi connectivity index (χ4n) is 2.65. The van der Waals surface area contributed by atoms with Crippen LogP contribution in [0.3, 0.4) is 0 Å². The van der Waals surface area contributed by atoms with Gasteiger partial charge in [-0.15, -0.1) is 0 Å². The molecule has 0 radical (unpaired) electrons. The van der Waals surface area contributed by atoms with Gasteiger partial charge in [0.1, 0.15) is 11.4 Å². The van der Waals surface area contributed by atoms with E-state index in [4.69, 9.17) is 4.74 Å². The summed E-state index contributed by atoms with van der Waals surface area (Å²) < 4.78 is 73.7. The van der Waals surface area contributed by atoms with E-state index in [0.717, 1.165) is 24.4 Å². The number of aromatic amines is 1. The van der Waals surface area contributed by atoms with Gasteiger partial charge in [-0.25, -0.2) is 18.6 Å². The molecule has 7 nitrogen and oxygen atoms in total. The largest absolute Gasteiger partial charge is 0.450 e. The molecule has 3 aromatic rings. The van der Waals surface area contributed by atoms with E-state index in [2.05, 4.69) is 20.6 Å². The molecule has 0 atom stereocenters. The van der Waals surface area contributed by atoms with Crippen molar-refractivity contribution >= 4 is 22.8 Å². The lowest BCUT2D eigenvalue weighted by atomic mass is 10.1. The van der Waals surface area contributed by atoms with E-state index in [0.29, 0.717) is 6.20 Å². The van der Waals surface area contributed by atoms with Crippen molar-refractivity contribution in [3.05, 3.63) is 47.8 Å². The molecule has 0 unspecified atom stereocenters. The van der Waals surface area contributed by atoms with Crippen LogP contribution in [0.1, 0.15) is 19.4 Å². The molecular formula is C19H17F5N4O3. The number of hydrogen-bond donors (Lipinski definition) is 4. The van der Waals surface area contributed by atoms with Crippen LogP contribution >= 0.6 is 0 Å². The number of pyridine rings is 1. The van der Waals surface area contributed by atoms with Crippen molar-refractivity contribution in [1.29, 1.82) is 0 Å². The maximum atomic E-state index is 14.5. The van der Waals surface area contributed by atoms with Crippen molar-refractivity contribution in [3.8, 4) is 11.5 Å². The van der Waals surface area contributed by atoms with E-state index in [-0.39, 0.29) is 17.9 Å². The zero-order valence-corrected chi connectivity index (χ0v) is 16.2. The Morgan fingerprint density at radius 3 is 2.45 bits per heavy atom. The number of nitrogens with zero attached hydrogens (tertiary/aromatic N) is 1. The highest BCUT2D eigenvalue weighted by Gasteiger charge is 2.35. The molecule has 1 aromatic carbocycles. The van der Waals surface area contributed by atoms with Crippen molar-refractivity contribution < 1.29 is 36.6 Å². The first-order chi connectivity index (χ1) is 14.3. The van der Waals surface area contributed by atoms with Crippen LogP contribution in [0.5, 0.6) is 11.5 Å². The SMILES string of the molecule is CC(C)(O)CNC(=O)Nc1cc(F)c(Oc2ccnc3[nH]cc(C(F)(F)F)c23)c(F)c1. The molecule has 0 saturated heterocycles. The number of nitrogens with one attached hydrogen (secondary N) is 3. The van der Waals surface area contributed by atoms with Gasteiger partial charge in [0.15, 0.2) is 17.4 Å². The van der Waals surface area contributed by atoms with Crippen LogP contribution in [0.2, 0.25) is 0 Å². The molecule has 0 aliphatic carbocycles. The number of ether oxygens (including phenoxy) is 1. The second-order valence-electron chi connectivity index (χ2n) is 7.22. The van der Waals surface area contributed by atoms with E-state index in [9.17, 15) is 31.9 Å². The van der Waals surface area contributed by atoms with E-state index in [1.807, 2.05) is 0 Å². The third-order valence-corrected chi connectivity index (χ3v) is 3.99. The number of hydrogen-bond acceptors (Lipinski definition) is 4. The minimum atomic E-state index is -4.75. The van der Waals surface area contributed by atoms with Gasteiger partial charge in [-0.2, -0.15) is 13.2 Å². The van der Waals surface area contributed by atoms with Gasteiger partial charge in [-0.1, -0.05) is 0 Å². The first kappa shape index (κ1) is 22.3. The molecule has 166 valence electrons. The smallest absolute Gasteiger partial charge is 0.418 e. The van der Waals surface area contributed by atoms with Gasteiger partial charge in [0.25, 0.3) is 0 Å². The normalized spacial score (nSPS) is 12.1. The highest BCUT2D eigenvalue weighted by atomic mass is 19.4. The molecule has 12 heteroatoms. The predicted molar refractivity (Wildman–Crippen MR) is 101 cm³/mol. The number of urea groups is 1. The maximum Gasteiger partial charge on any atom is 0.418 e. The molecule has 0 fully saturated rings. The van der Waals surface area contributed by atoms with Crippen molar-refractivity contribution in [1.82, 2.24) is 15.3 Å². The summed E-state index contributed by atoms with van der Waals surface area (Å²) in [7, 11) is 0. The van der Waals surface area contributed by atoms with Crippen LogP contribution in [0.25, 0.3) is 11.0 Å². The number of carbonyl (C=O) groups excluding carboxylic acids is 1. The lowest BCUT2D eigenvalue weighted by Gasteiger charge is -2.18. The molecule has 0 aliphatic heterocycles. The third-order valence-electron chi connectivity index (χ3n) is 3.99. The van der Waals surface area contributed by atoms with Gasteiger partial charge in [-0.3, -0.25) is 0 Å². The van der Waals surface area contributed by atoms with Gasteiger partial charge in [0.05, 0.1) is 16.6 Å². The highest BCUT2D eigenvalue weighted by Crippen LogP contribution is 2.40. The molecule has 0 saturated carbocycles. The summed E-state index contributed by atoms with van der Waals surface area (Å²) in [5.41, 5.74) is -2.75. The Kier molecular flexibility index (Phi) is 5.77. The molecule has 2 aromatic heterocycles. The zero-order chi connectivity index (χ0) is 23.0. The Balaban J connectivity index is 1.87. The monoisotopic (exact) mass is 444 g/mol. The standard InChI is InChI=1S/C19H17F5N4O3/c1-18(2,30)8-27-17(29)28-9-5-11(20)15(12(21)6-9)31-13-3-4-25-16-14(13)10(7-26-16)19(22,23)24/h3-7,30H,8H2,1-2H3,(H,25,26)(H2,27,28,29). The molecule has 2 amide bonds. The number of alkyl halides is 3. The summed E-state index contributed by atoms with van der Waals surface area (Å²) in [4.78, 5) is 17.9. The van der Waals surface area contributed by atoms with Crippen molar-refractivity contribution in [3.63, 3.8) is 0 Å². The summed E-state index contributed by atoms with van der Waals surface area (Å²) in [5.74, 6) is -3.93. The lowest BCUT2D eigenvalue weighted by molar-refractivity contribution is -0.136. The number of aliphatic hydroxyl groups is 1. The molecule has 31 heavy (non-hydrogen) atoms. The summed E-state index contributed by atoms with van der Waals surface area (Å²) in [6.07, 6.45) is -2.95. The van der Waals surface area contributed by atoms with E-state index >= 15 is 0 Å². The van der Waals surface area contributed by atoms with Crippen molar-refractivity contribution in [2.24, 2.45) is 0 Å². The average molecular weight is 444 g/mol. The predicted octanol–water partition coefficient (Wildman–Crippen LogP) is 4.54. The number of amides is 2. The first-order valence-electron chi connectivity index (χ1n) is 8.82. The summed E-state index contributed by atoms with van der Waals surface area (Å²) >= 11 is 0. The molecule has 4 N–H and O–H groups in total. The number of rotatable bonds is 5. The molecule has 0 aliphatic rings. The number of halogens is 5. The molecular weight excluding hydrogens is 427 g/mol. The quantitative estimate of drug-likeness (QED) is 0.434. The van der Waals surface area contributed by atoms with Crippen LogP contribution in [-0.4, -0.2) is 33.3 Å². The van der Waals surface area contributed by atoms with E-state index in [1.165, 1.54) is 13.8 Å². The second-order valence-corrected chi connectivity index (χ2v) is 7.22. The fourth-order valence-corrected chi connectivity index (χ4v) is 2.65. The third kappa shape index (κ3) is 5.20. The summed E-state index contributed by atoms with van der Waals surface area (Å²) in [6, 6.07) is 1.69. The Labute approximate surface area is 172 Å². The first-order valence-corrected chi connectivity index (χ1v) is 8.82. The average Bonchev–Trinajstić information content (AvgIpc) is 3.08. The van der Waals surface area contributed by atoms with Crippen LogP contribution in [0.15, 0.2) is 30.6 Å². The number of benzene rings is 1. The molecule has 0 spiro atoms. The molecule has 2 heterocycles. The van der Waals surface area contributed by atoms with Crippen LogP contribution in [0.4, 0.5) is 32.4 Å². The second kappa shape index (κ2) is 8.02. The Morgan fingerprint density at radius 2 is 1.87 bits per heavy atom. The molecule has 3 rings (SSSR count). The van der Waals surface area contributed by atoms with Gasteiger partial charge in [0.2, 0.25) is 0 Å². The van der Waals surface area contributed by atoms with Crippen LogP contribution in [-0.2, 0) is 6.18 Å². The van der Waals surface area contributed by atoms with Gasteiger partial charge >= 0.3 is 12.2 Å². The van der Waals surface area contributed by atoms with E-state index in [1.54, 1.807) is 0 Å². The number of H-pyrrole nitrogens is 1.